The van der Waals surface area contributed by atoms with Crippen LogP contribution in [-0.2, 0) is 0 Å². The molecule has 1 saturated heterocycles. The number of benzene rings is 1. The van der Waals surface area contributed by atoms with Gasteiger partial charge in [-0.3, -0.25) is 4.90 Å². The van der Waals surface area contributed by atoms with Gasteiger partial charge in [0.05, 0.1) is 0 Å². The summed E-state index contributed by atoms with van der Waals surface area (Å²) in [6.45, 7) is 11.1. The maximum atomic E-state index is 4.57. The Bertz CT molecular complexity index is 340. The van der Waals surface area contributed by atoms with Gasteiger partial charge in [0.25, 0.3) is 0 Å². The predicted molar refractivity (Wildman–Crippen MR) is 72.1 cm³/mol. The van der Waals surface area contributed by atoms with E-state index in [2.05, 4.69) is 61.3 Å². The second-order valence-electron chi connectivity index (χ2n) is 6.09. The highest BCUT2D eigenvalue weighted by Crippen LogP contribution is 2.26. The van der Waals surface area contributed by atoms with Crippen LogP contribution in [0.4, 0.5) is 0 Å². The molecule has 0 saturated carbocycles. The van der Waals surface area contributed by atoms with Crippen LogP contribution in [0.25, 0.3) is 0 Å². The average Bonchev–Trinajstić information content (AvgIpc) is 2.29. The van der Waals surface area contributed by atoms with Crippen molar-refractivity contribution in [2.24, 2.45) is 5.41 Å². The number of hydrogen-bond acceptors (Lipinski definition) is 1. The van der Waals surface area contributed by atoms with Crippen molar-refractivity contribution in [3.05, 3.63) is 35.9 Å². The van der Waals surface area contributed by atoms with E-state index < -0.39 is 0 Å². The molecule has 2 nitrogen and oxygen atoms in total. The normalized spacial score (nSPS) is 22.6. The molecule has 17 heavy (non-hydrogen) atoms. The molecule has 1 atom stereocenters. The first kappa shape index (κ1) is 12.6. The lowest BCUT2D eigenvalue weighted by molar-refractivity contribution is 0.112. The average molecular weight is 231 g/mol. The summed E-state index contributed by atoms with van der Waals surface area (Å²) < 4.78 is 0. The van der Waals surface area contributed by atoms with E-state index >= 15 is 0 Å². The minimum Gasteiger partial charge on any atom is -0.293 e. The maximum Gasteiger partial charge on any atom is 0.0490 e. The minimum atomic E-state index is 0.352. The Hall–Kier alpha value is -0.860. The van der Waals surface area contributed by atoms with Crippen LogP contribution in [0.15, 0.2) is 30.3 Å². The molecule has 0 aromatic heterocycles. The fourth-order valence-corrected chi connectivity index (χ4v) is 2.47. The summed E-state index contributed by atoms with van der Waals surface area (Å²) in [5.41, 5.74) is 1.75. The second kappa shape index (κ2) is 5.19. The van der Waals surface area contributed by atoms with Crippen molar-refractivity contribution in [3.63, 3.8) is 0 Å². The zero-order valence-corrected chi connectivity index (χ0v) is 11.2. The van der Waals surface area contributed by atoms with Gasteiger partial charge in [0, 0.05) is 32.2 Å². The lowest BCUT2D eigenvalue weighted by Crippen LogP contribution is -2.46. The van der Waals surface area contributed by atoms with Crippen molar-refractivity contribution >= 4 is 0 Å². The quantitative estimate of drug-likeness (QED) is 0.765. The van der Waals surface area contributed by atoms with Gasteiger partial charge in [-0.25, -0.2) is 5.32 Å². The molecule has 1 unspecified atom stereocenters. The molecule has 1 fully saturated rings. The van der Waals surface area contributed by atoms with E-state index in [0.29, 0.717) is 11.5 Å². The van der Waals surface area contributed by atoms with Gasteiger partial charge in [0.1, 0.15) is 0 Å². The summed E-state index contributed by atoms with van der Waals surface area (Å²) in [7, 11) is 0. The van der Waals surface area contributed by atoms with Crippen molar-refractivity contribution in [1.82, 2.24) is 10.2 Å². The molecule has 0 amide bonds. The van der Waals surface area contributed by atoms with Crippen molar-refractivity contribution < 1.29 is 0 Å². The summed E-state index contributed by atoms with van der Waals surface area (Å²) in [5.74, 6) is 0. The van der Waals surface area contributed by atoms with Gasteiger partial charge in [0.15, 0.2) is 0 Å². The number of rotatable bonds is 2. The molecule has 1 aromatic carbocycles. The first-order valence-corrected chi connectivity index (χ1v) is 6.48. The Labute approximate surface area is 105 Å². The molecule has 2 heteroatoms. The zero-order chi connectivity index (χ0) is 12.3. The molecule has 1 aliphatic rings. The topological polar surface area (TPSA) is 17.3 Å². The van der Waals surface area contributed by atoms with Crippen molar-refractivity contribution in [2.45, 2.75) is 26.8 Å². The van der Waals surface area contributed by atoms with E-state index in [9.17, 15) is 0 Å². The highest BCUT2D eigenvalue weighted by atomic mass is 15.2. The molecular formula is C15H23N2. The van der Waals surface area contributed by atoms with E-state index in [0.717, 1.165) is 26.2 Å². The monoisotopic (exact) mass is 231 g/mol. The Morgan fingerprint density at radius 3 is 2.59 bits per heavy atom. The standard InChI is InChI=1S/C15H23N2/c1-15(2,3)12-17-10-9-16-11-14(17)13-7-5-4-6-8-13/h4-8,14H,9-12H2,1-3H3. The van der Waals surface area contributed by atoms with Crippen molar-refractivity contribution in [2.75, 3.05) is 26.2 Å². The van der Waals surface area contributed by atoms with Gasteiger partial charge in [-0.2, -0.15) is 0 Å². The Balaban J connectivity index is 2.13. The Morgan fingerprint density at radius 2 is 1.94 bits per heavy atom. The highest BCUT2D eigenvalue weighted by molar-refractivity contribution is 5.20. The molecule has 1 radical (unpaired) electrons. The van der Waals surface area contributed by atoms with Gasteiger partial charge in [-0.05, 0) is 11.0 Å². The largest absolute Gasteiger partial charge is 0.293 e. The number of hydrogen-bond donors (Lipinski definition) is 0. The first-order valence-electron chi connectivity index (χ1n) is 6.48. The molecule has 0 N–H and O–H groups in total. The van der Waals surface area contributed by atoms with E-state index in [4.69, 9.17) is 0 Å². The van der Waals surface area contributed by atoms with E-state index in [1.807, 2.05) is 0 Å². The Kier molecular flexibility index (Phi) is 3.85. The van der Waals surface area contributed by atoms with E-state index in [-0.39, 0.29) is 0 Å². The molecule has 0 bridgehead atoms. The third-order valence-electron chi connectivity index (χ3n) is 3.15. The molecule has 1 aromatic rings. The predicted octanol–water partition coefficient (Wildman–Crippen LogP) is 2.69. The summed E-state index contributed by atoms with van der Waals surface area (Å²) in [6, 6.07) is 11.3. The van der Waals surface area contributed by atoms with E-state index in [1.165, 1.54) is 5.56 Å². The fraction of sp³-hybridized carbons (Fsp3) is 0.600. The highest BCUT2D eigenvalue weighted by Gasteiger charge is 2.27. The van der Waals surface area contributed by atoms with Crippen LogP contribution in [0.1, 0.15) is 32.4 Å². The van der Waals surface area contributed by atoms with Gasteiger partial charge in [-0.15, -0.1) is 0 Å². The van der Waals surface area contributed by atoms with Crippen LogP contribution in [0, 0.1) is 5.41 Å². The van der Waals surface area contributed by atoms with Crippen LogP contribution in [-0.4, -0.2) is 31.1 Å². The number of piperazine rings is 1. The van der Waals surface area contributed by atoms with Crippen LogP contribution >= 0.6 is 0 Å². The molecule has 2 rings (SSSR count). The van der Waals surface area contributed by atoms with Crippen LogP contribution in [0.3, 0.4) is 0 Å². The van der Waals surface area contributed by atoms with Gasteiger partial charge in [0.2, 0.25) is 0 Å². The smallest absolute Gasteiger partial charge is 0.0490 e. The lowest BCUT2D eigenvalue weighted by Gasteiger charge is -2.39. The summed E-state index contributed by atoms with van der Waals surface area (Å²) in [5, 5.41) is 4.57. The van der Waals surface area contributed by atoms with Crippen LogP contribution in [0.2, 0.25) is 0 Å². The van der Waals surface area contributed by atoms with Crippen LogP contribution in [0.5, 0.6) is 0 Å². The molecule has 1 heterocycles. The lowest BCUT2D eigenvalue weighted by atomic mass is 9.93. The maximum absolute atomic E-state index is 4.57. The second-order valence-corrected chi connectivity index (χ2v) is 6.09. The SMILES string of the molecule is CC(C)(C)CN1CC[N]CC1c1ccccc1. The van der Waals surface area contributed by atoms with Crippen LogP contribution < -0.4 is 5.32 Å². The minimum absolute atomic E-state index is 0.352. The zero-order valence-electron chi connectivity index (χ0n) is 11.2. The van der Waals surface area contributed by atoms with Crippen molar-refractivity contribution in [3.8, 4) is 0 Å². The van der Waals surface area contributed by atoms with Gasteiger partial charge >= 0.3 is 0 Å². The third-order valence-corrected chi connectivity index (χ3v) is 3.15. The molecular weight excluding hydrogens is 208 g/mol. The fourth-order valence-electron chi connectivity index (χ4n) is 2.47. The van der Waals surface area contributed by atoms with Gasteiger partial charge < -0.3 is 0 Å². The summed E-state index contributed by atoms with van der Waals surface area (Å²) in [4.78, 5) is 2.59. The summed E-state index contributed by atoms with van der Waals surface area (Å²) >= 11 is 0. The van der Waals surface area contributed by atoms with E-state index in [1.54, 1.807) is 0 Å². The molecule has 1 aliphatic heterocycles. The molecule has 0 aliphatic carbocycles. The number of nitrogens with zero attached hydrogens (tertiary/aromatic N) is 2. The van der Waals surface area contributed by atoms with Crippen molar-refractivity contribution in [1.29, 1.82) is 0 Å². The summed E-state index contributed by atoms with van der Waals surface area (Å²) in [6.07, 6.45) is 0. The molecule has 0 spiro atoms. The Morgan fingerprint density at radius 1 is 1.24 bits per heavy atom. The molecule has 93 valence electrons. The van der Waals surface area contributed by atoms with Gasteiger partial charge in [-0.1, -0.05) is 51.1 Å². The first-order chi connectivity index (χ1) is 8.06. The third kappa shape index (κ3) is 3.55.